The number of ether oxygens (including phenoxy) is 2. The highest BCUT2D eigenvalue weighted by molar-refractivity contribution is 6.76. The first kappa shape index (κ1) is 44.6. The van der Waals surface area contributed by atoms with Gasteiger partial charge in [0, 0.05) is 34.1 Å². The van der Waals surface area contributed by atoms with Crippen molar-refractivity contribution in [2.24, 2.45) is 9.98 Å². The maximum Gasteiger partial charge on any atom is 0.337 e. The van der Waals surface area contributed by atoms with Crippen LogP contribution >= 0.6 is 0 Å². The van der Waals surface area contributed by atoms with E-state index < -0.39 is 32.7 Å². The highest BCUT2D eigenvalue weighted by Gasteiger charge is 3.03. The van der Waals surface area contributed by atoms with E-state index >= 15 is 9.59 Å². The van der Waals surface area contributed by atoms with E-state index in [1.807, 2.05) is 0 Å². The Morgan fingerprint density at radius 2 is 0.529 bits per heavy atom. The van der Waals surface area contributed by atoms with Crippen molar-refractivity contribution in [1.29, 1.82) is 0 Å². The number of hydrogen-bond acceptors (Lipinski definition) is 6. The highest BCUT2D eigenvalue weighted by atomic mass is 16.5. The van der Waals surface area contributed by atoms with E-state index in [-0.39, 0.29) is 37.0 Å². The third-order valence-electron chi connectivity index (χ3n) is 33.8. The van der Waals surface area contributed by atoms with Crippen LogP contribution in [0.4, 0.5) is 0 Å². The summed E-state index contributed by atoms with van der Waals surface area (Å²) in [6, 6.07) is 51.9. The van der Waals surface area contributed by atoms with E-state index in [0.29, 0.717) is 0 Å². The van der Waals surface area contributed by atoms with E-state index in [1.165, 1.54) is 287 Å². The van der Waals surface area contributed by atoms with Crippen LogP contribution in [0.15, 0.2) is 156 Å². The molecule has 27 aromatic carbocycles. The number of carbonyl (C=O) groups is 2. The number of esters is 2. The molecule has 4 heterocycles. The molecule has 4 spiro atoms. The Balaban J connectivity index is 0.899. The minimum atomic E-state index is -1.60. The molecule has 12 aliphatic carbocycles. The van der Waals surface area contributed by atoms with Crippen molar-refractivity contribution in [3.63, 3.8) is 0 Å². The molecule has 10 bridgehead atoms. The molecule has 0 radical (unpaired) electrons. The fraction of sp³-hybridized carbons (Fsp3) is 0.102. The molecule has 4 aliphatic heterocycles. The monoisotopic (exact) mass is 1300 g/mol. The Morgan fingerprint density at radius 3 is 0.913 bits per heavy atom. The molecule has 43 rings (SSSR count). The molecule has 0 saturated heterocycles. The van der Waals surface area contributed by atoms with Crippen molar-refractivity contribution in [1.82, 2.24) is 0 Å². The molecule has 6 nitrogen and oxygen atoms in total. The zero-order valence-corrected chi connectivity index (χ0v) is 54.0. The zero-order valence-electron chi connectivity index (χ0n) is 54.0. The summed E-state index contributed by atoms with van der Waals surface area (Å²) in [4.78, 5) is 51.1. The Labute approximate surface area is 578 Å². The third-order valence-corrected chi connectivity index (χ3v) is 33.8. The van der Waals surface area contributed by atoms with Gasteiger partial charge >= 0.3 is 11.9 Å². The summed E-state index contributed by atoms with van der Waals surface area (Å²) in [5, 5.41) is 63.2. The van der Waals surface area contributed by atoms with Crippen molar-refractivity contribution in [3.05, 3.63) is 235 Å². The van der Waals surface area contributed by atoms with Gasteiger partial charge in [0.05, 0.1) is 33.1 Å². The summed E-state index contributed by atoms with van der Waals surface area (Å²) in [7, 11) is 0. The van der Waals surface area contributed by atoms with Crippen LogP contribution in [0.1, 0.15) is 101 Å². The number of aliphatic imine (C=N–C) groups is 2. The Kier molecular flexibility index (Phi) is 4.89. The minimum Gasteiger partial charge on any atom is -0.459 e. The summed E-state index contributed by atoms with van der Waals surface area (Å²) in [6.07, 6.45) is 0. The van der Waals surface area contributed by atoms with Crippen LogP contribution in [-0.2, 0) is 53.9 Å². The van der Waals surface area contributed by atoms with Crippen molar-refractivity contribution < 1.29 is 19.1 Å². The normalized spacial score (nSPS) is 27.4. The van der Waals surface area contributed by atoms with Gasteiger partial charge in [-0.15, -0.1) is 0 Å². The number of rotatable bonds is 6. The molecule has 2 fully saturated rings. The lowest BCUT2D eigenvalue weighted by molar-refractivity contribution is -0.149. The maximum atomic E-state index is 18.7. The van der Waals surface area contributed by atoms with E-state index in [4.69, 9.17) is 19.5 Å². The van der Waals surface area contributed by atoms with Crippen LogP contribution < -0.4 is 0 Å². The lowest BCUT2D eigenvalue weighted by atomic mass is 9.58. The van der Waals surface area contributed by atoms with Gasteiger partial charge in [-0.25, -0.2) is 9.59 Å². The van der Waals surface area contributed by atoms with Crippen molar-refractivity contribution in [2.45, 2.75) is 57.8 Å². The van der Waals surface area contributed by atoms with E-state index in [0.717, 1.165) is 44.8 Å². The summed E-state index contributed by atoms with van der Waals surface area (Å²) >= 11 is 0. The van der Waals surface area contributed by atoms with Gasteiger partial charge < -0.3 is 9.47 Å². The van der Waals surface area contributed by atoms with Gasteiger partial charge in [0.2, 0.25) is 0 Å². The topological polar surface area (TPSA) is 77.3 Å². The van der Waals surface area contributed by atoms with Gasteiger partial charge in [0.1, 0.15) is 13.2 Å². The Hall–Kier alpha value is -12.6. The van der Waals surface area contributed by atoms with Crippen LogP contribution in [0, 0.1) is 0 Å². The number of nitrogens with zero attached hydrogens (tertiary/aromatic N) is 2. The molecule has 456 valence electrons. The summed E-state index contributed by atoms with van der Waals surface area (Å²) in [6.45, 7) is 0.106. The van der Waals surface area contributed by atoms with Crippen LogP contribution in [0.5, 0.6) is 0 Å². The highest BCUT2D eigenvalue weighted by Crippen LogP contribution is 3.00. The molecule has 2 saturated carbocycles. The fourth-order valence-corrected chi connectivity index (χ4v) is 32.9. The van der Waals surface area contributed by atoms with E-state index in [1.54, 1.807) is 5.56 Å². The lowest BCUT2D eigenvalue weighted by Gasteiger charge is -2.42. The van der Waals surface area contributed by atoms with Gasteiger partial charge in [-0.05, 0) is 304 Å². The van der Waals surface area contributed by atoms with Crippen molar-refractivity contribution in [2.75, 3.05) is 0 Å². The molecule has 0 amide bonds. The maximum absolute atomic E-state index is 18.7. The molecule has 0 aromatic heterocycles. The van der Waals surface area contributed by atoms with E-state index in [9.17, 15) is 0 Å². The van der Waals surface area contributed by atoms with Gasteiger partial charge in [-0.3, -0.25) is 9.98 Å². The third kappa shape index (κ3) is 2.84. The van der Waals surface area contributed by atoms with Crippen molar-refractivity contribution >= 4 is 260 Å². The smallest absolute Gasteiger partial charge is 0.337 e. The first-order valence-corrected chi connectivity index (χ1v) is 37.7. The molecule has 8 atom stereocenters. The molecular weight excluding hydrogens is 1270 g/mol. The standard InChI is InChI=1S/C98H30N2O4/c101-91-97(99-89(29-13-5-1-6-14-29)30-15-7-2-8-16-30)93-81-65-54-43-36-37-41-34-33-38-35-39(34)50-59-48(41)55-44(37)46-45(43)56-53-57(46)68-66(55)82-70(59)72-61(50)52-42(35)51-60-49(38)58(47(54)40(33)36)69(81)71(60)83-73-62(51)63(52)74-78-77(73)87(95(83,93)97)79-75(85(93)67(56)65)64(53)76-80(79)88(78)96(84(72)74)94(82,86(68)76)98(96,92(102)104-26-28-23-21-27(22-24-28)25-103-91)100-90(31-17-9-3-10-18-31)32-19-11-4-12-20-32/h1-24,69,81H,25-26H2/t69?,81?,93?,94?,95?,96?,97-,98-/m0/s1. The zero-order chi connectivity index (χ0) is 64.3. The summed E-state index contributed by atoms with van der Waals surface area (Å²) < 4.78 is 15.2. The van der Waals surface area contributed by atoms with Gasteiger partial charge in [-0.1, -0.05) is 146 Å². The lowest BCUT2D eigenvalue weighted by Crippen LogP contribution is -2.38. The molecular formula is C98H30N2O4. The van der Waals surface area contributed by atoms with Crippen LogP contribution in [0.25, 0.3) is 237 Å². The average molecular weight is 1300 g/mol. The first-order chi connectivity index (χ1) is 51.6. The van der Waals surface area contributed by atoms with Crippen LogP contribution in [0.2, 0.25) is 0 Å². The molecule has 104 heavy (non-hydrogen) atoms. The van der Waals surface area contributed by atoms with Gasteiger partial charge in [0.15, 0.2) is 11.1 Å². The van der Waals surface area contributed by atoms with Crippen LogP contribution in [-0.4, -0.2) is 34.4 Å². The molecule has 6 unspecified atom stereocenters. The Morgan fingerprint density at radius 1 is 0.260 bits per heavy atom. The summed E-state index contributed by atoms with van der Waals surface area (Å²) in [5.41, 5.74) is 14.0. The van der Waals surface area contributed by atoms with Crippen molar-refractivity contribution in [3.8, 4) is 0 Å². The van der Waals surface area contributed by atoms with Gasteiger partial charge in [-0.2, -0.15) is 0 Å². The largest absolute Gasteiger partial charge is 0.459 e. The second-order valence-electron chi connectivity index (χ2n) is 35.2. The Bertz CT molecular complexity index is 9420. The van der Waals surface area contributed by atoms with E-state index in [2.05, 4.69) is 146 Å². The predicted molar refractivity (Wildman–Crippen MR) is 412 cm³/mol. The average Bonchev–Trinajstić information content (AvgIpc) is 1.35. The molecule has 27 aromatic rings. The molecule has 0 N–H and O–H groups in total. The predicted octanol–water partition coefficient (Wildman–Crippen LogP) is 20.8. The SMILES string of the molecule is O=C1OCc2ccc(cc2)COC(=O)[C@@]2(N=C(c3ccccc3)c3ccccc3)C34c5c6c7c8c9c5c5c3c3c%10c%11c%12c%13c%14c%15c%16c(c6c6c7c7c%17c%18c%19c%20c%21c(c9c9c5c%10c5c9c%21c9c%20c%10c%18c%18c%20c%17c6c%16c%20c%14c6c%13c%13c%11c5c9c%13c%10c6%18)C85C7%19[C@@]15N=C(c1ccccc1)c1ccccc1)C42C%15C3%12. The number of hydrogen-bond donors (Lipinski definition) is 0. The quantitative estimate of drug-likeness (QED) is 0.0944. The number of benzene rings is 20. The first-order valence-electron chi connectivity index (χ1n) is 37.7. The summed E-state index contributed by atoms with van der Waals surface area (Å²) in [5.74, 6) is -0.696. The molecule has 16 aliphatic rings. The fourth-order valence-electron chi connectivity index (χ4n) is 32.9. The second-order valence-corrected chi connectivity index (χ2v) is 35.2. The second kappa shape index (κ2) is 11.4. The van der Waals surface area contributed by atoms with Gasteiger partial charge in [0.25, 0.3) is 0 Å². The molecule has 6 heteroatoms. The number of carbonyl (C=O) groups excluding carboxylic acids is 2. The minimum absolute atomic E-state index is 0.0475. The van der Waals surface area contributed by atoms with Crippen LogP contribution in [0.3, 0.4) is 0 Å².